The molecule has 4 heterocycles. The number of carbonyl (C=O) groups is 1. The molecule has 0 N–H and O–H groups in total. The number of carbonyl (C=O) groups excluding carboxylic acids is 1. The summed E-state index contributed by atoms with van der Waals surface area (Å²) in [5.41, 5.74) is 5.26. The Bertz CT molecular complexity index is 957. The van der Waals surface area contributed by atoms with Gasteiger partial charge in [0.15, 0.2) is 0 Å². The lowest BCUT2D eigenvalue weighted by Gasteiger charge is -2.31. The molecule has 0 bridgehead atoms. The predicted molar refractivity (Wildman–Crippen MR) is 109 cm³/mol. The molecule has 3 aromatic rings. The molecule has 2 saturated heterocycles. The molecule has 0 aliphatic carbocycles. The van der Waals surface area contributed by atoms with Gasteiger partial charge in [0.25, 0.3) is 5.91 Å². The Hall–Kier alpha value is -2.45. The number of hydrogen-bond donors (Lipinski definition) is 0. The van der Waals surface area contributed by atoms with Crippen LogP contribution in [0.5, 0.6) is 0 Å². The minimum Gasteiger partial charge on any atom is -0.378 e. The van der Waals surface area contributed by atoms with Gasteiger partial charge in [-0.15, -0.1) is 0 Å². The van der Waals surface area contributed by atoms with Crippen molar-refractivity contribution in [2.24, 2.45) is 0 Å². The minimum atomic E-state index is 0.106. The summed E-state index contributed by atoms with van der Waals surface area (Å²) in [6.07, 6.45) is 5.26. The molecule has 0 atom stereocenters. The zero-order valence-corrected chi connectivity index (χ0v) is 16.5. The van der Waals surface area contributed by atoms with Crippen molar-refractivity contribution < 1.29 is 9.53 Å². The van der Waals surface area contributed by atoms with E-state index in [0.29, 0.717) is 0 Å². The van der Waals surface area contributed by atoms with Crippen molar-refractivity contribution in [3.8, 4) is 11.3 Å². The molecule has 2 fully saturated rings. The Kier molecular flexibility index (Phi) is 4.74. The molecular weight excluding hydrogens is 374 g/mol. The van der Waals surface area contributed by atoms with Gasteiger partial charge in [-0.05, 0) is 37.5 Å². The standard InChI is InChI=1S/C20H23N5O2S/c26-19(24-6-2-1-3-7-24)17-12-15(23-8-10-27-11-9-23)4-5-16(17)18-13-25-20(22-18)28-14-21-25/h4-5,12-14H,1-3,6-11H2. The molecular formula is C20H23N5O2S. The Morgan fingerprint density at radius 1 is 1.07 bits per heavy atom. The van der Waals surface area contributed by atoms with Crippen molar-refractivity contribution in [3.63, 3.8) is 0 Å². The first-order chi connectivity index (χ1) is 13.8. The molecule has 0 radical (unpaired) electrons. The lowest BCUT2D eigenvalue weighted by Crippen LogP contribution is -2.37. The topological polar surface area (TPSA) is 63.0 Å². The lowest BCUT2D eigenvalue weighted by molar-refractivity contribution is 0.0725. The number of aromatic nitrogens is 3. The maximum Gasteiger partial charge on any atom is 0.254 e. The Morgan fingerprint density at radius 2 is 1.89 bits per heavy atom. The fourth-order valence-electron chi connectivity index (χ4n) is 3.99. The minimum absolute atomic E-state index is 0.106. The van der Waals surface area contributed by atoms with Crippen LogP contribution in [0, 0.1) is 0 Å². The summed E-state index contributed by atoms with van der Waals surface area (Å²) in [5.74, 6) is 0.106. The van der Waals surface area contributed by atoms with E-state index in [1.54, 1.807) is 10.0 Å². The maximum atomic E-state index is 13.4. The molecule has 0 spiro atoms. The van der Waals surface area contributed by atoms with E-state index in [4.69, 9.17) is 4.74 Å². The van der Waals surface area contributed by atoms with Crippen molar-refractivity contribution in [2.45, 2.75) is 19.3 Å². The van der Waals surface area contributed by atoms with E-state index >= 15 is 0 Å². The van der Waals surface area contributed by atoms with Gasteiger partial charge in [-0.3, -0.25) is 4.79 Å². The molecule has 8 heteroatoms. The van der Waals surface area contributed by atoms with E-state index < -0.39 is 0 Å². The zero-order valence-electron chi connectivity index (χ0n) is 15.7. The number of piperidine rings is 1. The summed E-state index contributed by atoms with van der Waals surface area (Å²) < 4.78 is 7.25. The molecule has 2 aromatic heterocycles. The molecule has 2 aliphatic heterocycles. The highest BCUT2D eigenvalue weighted by Gasteiger charge is 2.24. The third-order valence-corrected chi connectivity index (χ3v) is 6.20. The van der Waals surface area contributed by atoms with Crippen LogP contribution in [0.4, 0.5) is 5.69 Å². The predicted octanol–water partition coefficient (Wildman–Crippen LogP) is 2.92. The van der Waals surface area contributed by atoms with E-state index in [1.807, 2.05) is 23.2 Å². The van der Waals surface area contributed by atoms with E-state index in [0.717, 1.165) is 79.7 Å². The molecule has 5 rings (SSSR count). The summed E-state index contributed by atoms with van der Waals surface area (Å²) in [7, 11) is 0. The van der Waals surface area contributed by atoms with Gasteiger partial charge in [0.1, 0.15) is 5.51 Å². The number of anilines is 1. The molecule has 0 unspecified atom stereocenters. The van der Waals surface area contributed by atoms with E-state index in [-0.39, 0.29) is 5.91 Å². The summed E-state index contributed by atoms with van der Waals surface area (Å²) in [6, 6.07) is 6.17. The van der Waals surface area contributed by atoms with Crippen LogP contribution in [0.1, 0.15) is 29.6 Å². The summed E-state index contributed by atoms with van der Waals surface area (Å²) in [5, 5.41) is 4.28. The molecule has 2 aliphatic rings. The van der Waals surface area contributed by atoms with Crippen molar-refractivity contribution >= 4 is 27.9 Å². The van der Waals surface area contributed by atoms with Gasteiger partial charge in [-0.1, -0.05) is 11.3 Å². The second-order valence-electron chi connectivity index (χ2n) is 7.27. The van der Waals surface area contributed by atoms with Crippen molar-refractivity contribution in [2.75, 3.05) is 44.3 Å². The Balaban J connectivity index is 1.56. The maximum absolute atomic E-state index is 13.4. The van der Waals surface area contributed by atoms with E-state index in [1.165, 1.54) is 17.8 Å². The monoisotopic (exact) mass is 397 g/mol. The highest BCUT2D eigenvalue weighted by atomic mass is 32.1. The van der Waals surface area contributed by atoms with Gasteiger partial charge in [0.2, 0.25) is 4.96 Å². The van der Waals surface area contributed by atoms with Gasteiger partial charge >= 0.3 is 0 Å². The Morgan fingerprint density at radius 3 is 2.68 bits per heavy atom. The Labute approximate surface area is 167 Å². The van der Waals surface area contributed by atoms with Crippen molar-refractivity contribution in [1.82, 2.24) is 19.5 Å². The first kappa shape index (κ1) is 17.6. The average Bonchev–Trinajstić information content (AvgIpc) is 3.36. The largest absolute Gasteiger partial charge is 0.378 e. The summed E-state index contributed by atoms with van der Waals surface area (Å²) in [4.78, 5) is 23.2. The molecule has 1 aromatic carbocycles. The number of amides is 1. The van der Waals surface area contributed by atoms with E-state index in [9.17, 15) is 4.79 Å². The highest BCUT2D eigenvalue weighted by molar-refractivity contribution is 7.14. The number of likely N-dealkylation sites (tertiary alicyclic amines) is 1. The zero-order chi connectivity index (χ0) is 18.9. The number of rotatable bonds is 3. The van der Waals surface area contributed by atoms with Crippen LogP contribution < -0.4 is 4.90 Å². The van der Waals surface area contributed by atoms with Crippen LogP contribution in [0.2, 0.25) is 0 Å². The number of nitrogens with zero attached hydrogens (tertiary/aromatic N) is 5. The normalized spacial score (nSPS) is 18.0. The van der Waals surface area contributed by atoms with Gasteiger partial charge in [0.05, 0.1) is 30.7 Å². The van der Waals surface area contributed by atoms with Crippen LogP contribution in [0.15, 0.2) is 29.9 Å². The van der Waals surface area contributed by atoms with Crippen LogP contribution in [-0.2, 0) is 4.74 Å². The number of imidazole rings is 1. The summed E-state index contributed by atoms with van der Waals surface area (Å²) in [6.45, 7) is 4.81. The molecule has 1 amide bonds. The first-order valence-electron chi connectivity index (χ1n) is 9.85. The second-order valence-corrected chi connectivity index (χ2v) is 8.09. The fraction of sp³-hybridized carbons (Fsp3) is 0.450. The number of morpholine rings is 1. The number of fused-ring (bicyclic) bond motifs is 1. The molecule has 146 valence electrons. The molecule has 0 saturated carbocycles. The van der Waals surface area contributed by atoms with Crippen LogP contribution >= 0.6 is 11.3 Å². The van der Waals surface area contributed by atoms with E-state index in [2.05, 4.69) is 21.0 Å². The van der Waals surface area contributed by atoms with Crippen molar-refractivity contribution in [1.29, 1.82) is 0 Å². The molecule has 7 nitrogen and oxygen atoms in total. The van der Waals surface area contributed by atoms with Crippen LogP contribution in [0.3, 0.4) is 0 Å². The van der Waals surface area contributed by atoms with Crippen LogP contribution in [0.25, 0.3) is 16.2 Å². The smallest absolute Gasteiger partial charge is 0.254 e. The van der Waals surface area contributed by atoms with Gasteiger partial charge in [0, 0.05) is 37.4 Å². The quantitative estimate of drug-likeness (QED) is 0.680. The first-order valence-corrected chi connectivity index (χ1v) is 10.7. The number of hydrogen-bond acceptors (Lipinski definition) is 6. The van der Waals surface area contributed by atoms with Gasteiger partial charge in [-0.2, -0.15) is 5.10 Å². The van der Waals surface area contributed by atoms with Crippen LogP contribution in [-0.4, -0.2) is 64.8 Å². The lowest BCUT2D eigenvalue weighted by atomic mass is 10.0. The van der Waals surface area contributed by atoms with Gasteiger partial charge < -0.3 is 14.5 Å². The number of ether oxygens (including phenoxy) is 1. The third kappa shape index (κ3) is 3.27. The number of benzene rings is 1. The highest BCUT2D eigenvalue weighted by Crippen LogP contribution is 2.30. The molecule has 28 heavy (non-hydrogen) atoms. The SMILES string of the molecule is O=C(c1cc(N2CCOCC2)ccc1-c1cn2ncsc2n1)N1CCCCC1. The average molecular weight is 398 g/mol. The fourth-order valence-corrected chi connectivity index (χ4v) is 4.59. The van der Waals surface area contributed by atoms with Gasteiger partial charge in [-0.25, -0.2) is 9.50 Å². The summed E-state index contributed by atoms with van der Waals surface area (Å²) >= 11 is 1.49. The second kappa shape index (κ2) is 7.52. The third-order valence-electron chi connectivity index (χ3n) is 5.52. The van der Waals surface area contributed by atoms with Crippen molar-refractivity contribution in [3.05, 3.63) is 35.5 Å².